The number of alkyl halides is 3. The van der Waals surface area contributed by atoms with Crippen LogP contribution in [-0.4, -0.2) is 37.6 Å². The van der Waals surface area contributed by atoms with Gasteiger partial charge in [0.1, 0.15) is 5.75 Å². The van der Waals surface area contributed by atoms with Crippen molar-refractivity contribution in [3.63, 3.8) is 0 Å². The molecule has 0 spiro atoms. The van der Waals surface area contributed by atoms with E-state index in [9.17, 15) is 31.2 Å². The van der Waals surface area contributed by atoms with Crippen LogP contribution in [-0.2, 0) is 20.4 Å². The summed E-state index contributed by atoms with van der Waals surface area (Å²) in [6.07, 6.45) is -4.88. The molecule has 1 aliphatic heterocycles. The quantitative estimate of drug-likeness (QED) is 0.323. The third-order valence-corrected chi connectivity index (χ3v) is 8.62. The molecule has 0 unspecified atom stereocenters. The minimum Gasteiger partial charge on any atom is -0.406 e. The Morgan fingerprint density at radius 2 is 1.73 bits per heavy atom. The predicted molar refractivity (Wildman–Crippen MR) is 152 cm³/mol. The van der Waals surface area contributed by atoms with E-state index in [1.165, 1.54) is 29.2 Å². The SMILES string of the molecule is Cc1ccc(C(C)C)c(N2C(=O)CSC2=NC(=O)Nc2ccc(CS(=O)(=O)c3ccc(OC(F)(F)F)cc3)cc2)c1. The number of urea groups is 1. The number of aryl methyl sites for hydroxylation is 1. The molecule has 1 N–H and O–H groups in total. The van der Waals surface area contributed by atoms with Crippen LogP contribution in [0.5, 0.6) is 5.75 Å². The van der Waals surface area contributed by atoms with E-state index in [-0.39, 0.29) is 27.6 Å². The van der Waals surface area contributed by atoms with E-state index in [1.807, 2.05) is 39.0 Å². The Hall–Kier alpha value is -3.84. The number of halogens is 3. The Balaban J connectivity index is 1.44. The molecule has 1 saturated heterocycles. The number of sulfone groups is 1. The second-order valence-electron chi connectivity index (χ2n) is 9.53. The molecule has 0 radical (unpaired) electrons. The smallest absolute Gasteiger partial charge is 0.406 e. The molecule has 1 fully saturated rings. The molecule has 3 aromatic rings. The van der Waals surface area contributed by atoms with Crippen molar-refractivity contribution in [2.45, 2.75) is 43.7 Å². The maximum absolute atomic E-state index is 12.7. The van der Waals surface area contributed by atoms with E-state index in [0.29, 0.717) is 16.9 Å². The zero-order valence-electron chi connectivity index (χ0n) is 22.2. The fourth-order valence-corrected chi connectivity index (χ4v) is 6.30. The maximum Gasteiger partial charge on any atom is 0.573 e. The van der Waals surface area contributed by atoms with Gasteiger partial charge in [-0.15, -0.1) is 13.2 Å². The molecular weight excluding hydrogens is 579 g/mol. The monoisotopic (exact) mass is 605 g/mol. The van der Waals surface area contributed by atoms with E-state index in [1.54, 1.807) is 0 Å². The number of carbonyl (C=O) groups is 2. The van der Waals surface area contributed by atoms with Crippen molar-refractivity contribution in [3.8, 4) is 5.75 Å². The van der Waals surface area contributed by atoms with Crippen LogP contribution in [0.1, 0.15) is 36.5 Å². The summed E-state index contributed by atoms with van der Waals surface area (Å²) in [4.78, 5) is 30.9. The Bertz CT molecular complexity index is 1590. The number of hydrogen-bond donors (Lipinski definition) is 1. The third-order valence-electron chi connectivity index (χ3n) is 5.99. The van der Waals surface area contributed by atoms with Gasteiger partial charge in [-0.2, -0.15) is 4.99 Å². The molecular formula is C28H26F3N3O5S2. The topological polar surface area (TPSA) is 105 Å². The zero-order chi connectivity index (χ0) is 29.9. The number of anilines is 2. The number of rotatable bonds is 7. The van der Waals surface area contributed by atoms with Gasteiger partial charge in [0.05, 0.1) is 22.1 Å². The van der Waals surface area contributed by atoms with Crippen LogP contribution in [0.25, 0.3) is 0 Å². The minimum absolute atomic E-state index is 0.143. The summed E-state index contributed by atoms with van der Waals surface area (Å²) in [5, 5.41) is 2.88. The largest absolute Gasteiger partial charge is 0.573 e. The highest BCUT2D eigenvalue weighted by Crippen LogP contribution is 2.34. The van der Waals surface area contributed by atoms with Gasteiger partial charge in [-0.05, 0) is 72.0 Å². The van der Waals surface area contributed by atoms with Crippen LogP contribution in [0.4, 0.5) is 29.3 Å². The molecule has 0 saturated carbocycles. The Kier molecular flexibility index (Phi) is 8.78. The van der Waals surface area contributed by atoms with E-state index < -0.39 is 33.7 Å². The first-order chi connectivity index (χ1) is 19.2. The lowest BCUT2D eigenvalue weighted by atomic mass is 9.99. The minimum atomic E-state index is -4.88. The highest BCUT2D eigenvalue weighted by molar-refractivity contribution is 8.15. The summed E-state index contributed by atoms with van der Waals surface area (Å²) in [6, 6.07) is 15.1. The number of aliphatic imine (C=N–C) groups is 1. The molecule has 0 bridgehead atoms. The Labute approximate surface area is 239 Å². The van der Waals surface area contributed by atoms with Gasteiger partial charge in [-0.25, -0.2) is 13.2 Å². The maximum atomic E-state index is 12.7. The number of hydrogen-bond acceptors (Lipinski definition) is 6. The fourth-order valence-electron chi connectivity index (χ4n) is 4.09. The number of amidine groups is 1. The van der Waals surface area contributed by atoms with Crippen LogP contribution >= 0.6 is 11.8 Å². The summed E-state index contributed by atoms with van der Waals surface area (Å²) in [5.74, 6) is -0.821. The Morgan fingerprint density at radius 1 is 1.07 bits per heavy atom. The molecule has 3 aromatic carbocycles. The summed E-state index contributed by atoms with van der Waals surface area (Å²) in [6.45, 7) is 5.95. The first-order valence-corrected chi connectivity index (χ1v) is 15.0. The summed E-state index contributed by atoms with van der Waals surface area (Å²) in [7, 11) is -3.86. The molecule has 0 atom stereocenters. The summed E-state index contributed by atoms with van der Waals surface area (Å²) >= 11 is 1.16. The van der Waals surface area contributed by atoms with Gasteiger partial charge in [-0.3, -0.25) is 9.69 Å². The molecule has 41 heavy (non-hydrogen) atoms. The van der Waals surface area contributed by atoms with Crippen molar-refractivity contribution in [3.05, 3.63) is 83.4 Å². The molecule has 1 aliphatic rings. The lowest BCUT2D eigenvalue weighted by Gasteiger charge is -2.22. The highest BCUT2D eigenvalue weighted by atomic mass is 32.2. The van der Waals surface area contributed by atoms with Crippen molar-refractivity contribution >= 4 is 50.1 Å². The standard InChI is InChI=1S/C28H26F3N3O5S2/c1-17(2)23-13-4-18(3)14-24(23)34-25(35)15-40-27(34)33-26(36)32-20-7-5-19(6-8-20)16-41(37,38)22-11-9-21(10-12-22)39-28(29,30)31/h4-14,17H,15-16H2,1-3H3,(H,32,36). The highest BCUT2D eigenvalue weighted by Gasteiger charge is 2.33. The number of benzene rings is 3. The first kappa shape index (κ1) is 30.1. The molecule has 0 aromatic heterocycles. The van der Waals surface area contributed by atoms with E-state index >= 15 is 0 Å². The predicted octanol–water partition coefficient (Wildman–Crippen LogP) is 6.66. The van der Waals surface area contributed by atoms with Crippen LogP contribution in [0.3, 0.4) is 0 Å². The van der Waals surface area contributed by atoms with E-state index in [4.69, 9.17) is 0 Å². The van der Waals surface area contributed by atoms with Crippen molar-refractivity contribution in [1.82, 2.24) is 0 Å². The van der Waals surface area contributed by atoms with Crippen molar-refractivity contribution < 1.29 is 35.9 Å². The van der Waals surface area contributed by atoms with Crippen LogP contribution in [0, 0.1) is 6.92 Å². The number of thioether (sulfide) groups is 1. The molecule has 3 amide bonds. The first-order valence-electron chi connectivity index (χ1n) is 12.4. The van der Waals surface area contributed by atoms with E-state index in [0.717, 1.165) is 47.2 Å². The van der Waals surface area contributed by atoms with Gasteiger partial charge in [0.15, 0.2) is 15.0 Å². The average Bonchev–Trinajstić information content (AvgIpc) is 3.23. The number of nitrogens with zero attached hydrogens (tertiary/aromatic N) is 2. The lowest BCUT2D eigenvalue weighted by Crippen LogP contribution is -2.31. The molecule has 0 aliphatic carbocycles. The van der Waals surface area contributed by atoms with Crippen LogP contribution in [0.2, 0.25) is 0 Å². The second kappa shape index (κ2) is 12.0. The molecule has 8 nitrogen and oxygen atoms in total. The van der Waals surface area contributed by atoms with Crippen molar-refractivity contribution in [1.29, 1.82) is 0 Å². The van der Waals surface area contributed by atoms with E-state index in [2.05, 4.69) is 15.0 Å². The zero-order valence-corrected chi connectivity index (χ0v) is 23.9. The van der Waals surface area contributed by atoms with Gasteiger partial charge in [0.2, 0.25) is 5.91 Å². The molecule has 4 rings (SSSR count). The van der Waals surface area contributed by atoms with Gasteiger partial charge in [0, 0.05) is 5.69 Å². The Morgan fingerprint density at radius 3 is 2.34 bits per heavy atom. The van der Waals surface area contributed by atoms with Crippen LogP contribution in [0.15, 0.2) is 76.6 Å². The van der Waals surface area contributed by atoms with Crippen LogP contribution < -0.4 is 15.0 Å². The lowest BCUT2D eigenvalue weighted by molar-refractivity contribution is -0.274. The third kappa shape index (κ3) is 7.67. The number of amides is 3. The van der Waals surface area contributed by atoms with Crippen molar-refractivity contribution in [2.24, 2.45) is 4.99 Å². The summed E-state index contributed by atoms with van der Waals surface area (Å²) in [5.41, 5.74) is 3.36. The summed E-state index contributed by atoms with van der Waals surface area (Å²) < 4.78 is 66.3. The van der Waals surface area contributed by atoms with Gasteiger partial charge in [-0.1, -0.05) is 49.9 Å². The van der Waals surface area contributed by atoms with Gasteiger partial charge < -0.3 is 10.1 Å². The van der Waals surface area contributed by atoms with Gasteiger partial charge >= 0.3 is 12.4 Å². The number of nitrogens with one attached hydrogen (secondary N) is 1. The molecule has 1 heterocycles. The second-order valence-corrected chi connectivity index (χ2v) is 12.5. The number of carbonyl (C=O) groups excluding carboxylic acids is 2. The average molecular weight is 606 g/mol. The molecule has 13 heteroatoms. The number of ether oxygens (including phenoxy) is 1. The van der Waals surface area contributed by atoms with Gasteiger partial charge in [0.25, 0.3) is 0 Å². The molecule has 216 valence electrons. The fraction of sp³-hybridized carbons (Fsp3) is 0.250. The van der Waals surface area contributed by atoms with Crippen molar-refractivity contribution in [2.75, 3.05) is 16.0 Å². The normalized spacial score (nSPS) is 15.0.